The van der Waals surface area contributed by atoms with Gasteiger partial charge in [-0.15, -0.1) is 0 Å². The molecule has 6 nitrogen and oxygen atoms in total. The number of rotatable bonds is 4. The number of carboxylic acids is 1. The average molecular weight is 305 g/mol. The molecule has 0 aliphatic carbocycles. The summed E-state index contributed by atoms with van der Waals surface area (Å²) in [6.07, 6.45) is 0.574. The van der Waals surface area contributed by atoms with Gasteiger partial charge < -0.3 is 25.0 Å². The van der Waals surface area contributed by atoms with E-state index in [1.54, 1.807) is 0 Å². The number of para-hydroxylation sites is 1. The van der Waals surface area contributed by atoms with E-state index in [9.17, 15) is 9.90 Å². The Morgan fingerprint density at radius 3 is 2.82 bits per heavy atom. The van der Waals surface area contributed by atoms with Crippen molar-refractivity contribution in [1.82, 2.24) is 5.32 Å². The maximum atomic E-state index is 11.6. The minimum Gasteiger partial charge on any atom is -0.489 e. The summed E-state index contributed by atoms with van der Waals surface area (Å²) in [5, 5.41) is 12.9. The second-order valence-corrected chi connectivity index (χ2v) is 5.67. The summed E-state index contributed by atoms with van der Waals surface area (Å²) in [6, 6.07) is 5.48. The van der Waals surface area contributed by atoms with Gasteiger partial charge in [-0.1, -0.05) is 13.0 Å². The molecule has 6 heteroatoms. The van der Waals surface area contributed by atoms with E-state index in [1.165, 1.54) is 0 Å². The maximum absolute atomic E-state index is 11.6. The molecule has 1 atom stereocenters. The van der Waals surface area contributed by atoms with Crippen LogP contribution >= 0.6 is 0 Å². The molecule has 1 fully saturated rings. The summed E-state index contributed by atoms with van der Waals surface area (Å²) in [6.45, 7) is 6.80. The van der Waals surface area contributed by atoms with Gasteiger partial charge in [0.2, 0.25) is 0 Å². The number of hydrogen-bond acceptors (Lipinski definition) is 5. The van der Waals surface area contributed by atoms with Gasteiger partial charge in [-0.25, -0.2) is 4.79 Å². The fraction of sp³-hybridized carbons (Fsp3) is 0.562. The normalized spacial score (nSPS) is 19.3. The molecule has 2 N–H and O–H groups in total. The molecule has 22 heavy (non-hydrogen) atoms. The monoisotopic (exact) mass is 305 g/mol. The van der Waals surface area contributed by atoms with E-state index < -0.39 is 12.0 Å². The molecule has 1 saturated heterocycles. The van der Waals surface area contributed by atoms with Gasteiger partial charge in [-0.05, 0) is 18.6 Å². The third-order valence-electron chi connectivity index (χ3n) is 4.36. The number of nitrogens with one attached hydrogen (secondary N) is 1. The van der Waals surface area contributed by atoms with E-state index in [2.05, 4.69) is 16.3 Å². The topological polar surface area (TPSA) is 65.0 Å². The van der Waals surface area contributed by atoms with Gasteiger partial charge in [0, 0.05) is 26.2 Å². The van der Waals surface area contributed by atoms with Crippen LogP contribution in [0.25, 0.3) is 0 Å². The third kappa shape index (κ3) is 2.70. The van der Waals surface area contributed by atoms with Gasteiger partial charge in [-0.2, -0.15) is 0 Å². The van der Waals surface area contributed by atoms with Crippen LogP contribution in [-0.2, 0) is 4.79 Å². The number of benzene rings is 1. The predicted molar refractivity (Wildman–Crippen MR) is 86.1 cm³/mol. The number of nitrogens with zero attached hydrogens (tertiary/aromatic N) is 2. The van der Waals surface area contributed by atoms with E-state index in [-0.39, 0.29) is 0 Å². The number of anilines is 2. The molecule has 0 saturated carbocycles. The Balaban J connectivity index is 2.01. The molecular weight excluding hydrogens is 282 g/mol. The molecule has 3 rings (SSSR count). The Morgan fingerprint density at radius 1 is 1.36 bits per heavy atom. The second-order valence-electron chi connectivity index (χ2n) is 5.67. The van der Waals surface area contributed by atoms with Crippen LogP contribution in [0.3, 0.4) is 0 Å². The number of aliphatic carboxylic acids is 1. The van der Waals surface area contributed by atoms with E-state index in [0.717, 1.165) is 43.3 Å². The second kappa shape index (κ2) is 6.44. The van der Waals surface area contributed by atoms with Crippen molar-refractivity contribution < 1.29 is 14.6 Å². The molecule has 0 amide bonds. The van der Waals surface area contributed by atoms with E-state index in [4.69, 9.17) is 4.74 Å². The lowest BCUT2D eigenvalue weighted by molar-refractivity contribution is -0.138. The largest absolute Gasteiger partial charge is 0.489 e. The number of piperazine rings is 1. The van der Waals surface area contributed by atoms with Gasteiger partial charge in [0.15, 0.2) is 0 Å². The lowest BCUT2D eigenvalue weighted by Crippen LogP contribution is -2.48. The summed E-state index contributed by atoms with van der Waals surface area (Å²) in [5.74, 6) is 0.0208. The van der Waals surface area contributed by atoms with Crippen molar-refractivity contribution in [2.24, 2.45) is 0 Å². The molecule has 0 aromatic heterocycles. The highest BCUT2D eigenvalue weighted by molar-refractivity contribution is 5.85. The first kappa shape index (κ1) is 15.0. The smallest absolute Gasteiger partial charge is 0.326 e. The molecule has 0 spiro atoms. The van der Waals surface area contributed by atoms with Crippen LogP contribution in [0.15, 0.2) is 18.2 Å². The van der Waals surface area contributed by atoms with E-state index in [0.29, 0.717) is 19.6 Å². The number of fused-ring (bicyclic) bond motifs is 1. The minimum absolute atomic E-state index is 0.508. The molecule has 120 valence electrons. The van der Waals surface area contributed by atoms with Crippen molar-refractivity contribution >= 4 is 17.3 Å². The van der Waals surface area contributed by atoms with E-state index >= 15 is 0 Å². The standard InChI is InChI=1S/C16H23N3O3/c1-2-12(16(20)21)19-10-11-22-14-5-3-4-13(15(14)19)18-8-6-17-7-9-18/h3-5,12,17H,2,6-11H2,1H3,(H,20,21). The molecule has 0 radical (unpaired) electrons. The zero-order chi connectivity index (χ0) is 15.5. The van der Waals surface area contributed by atoms with Crippen LogP contribution < -0.4 is 19.9 Å². The van der Waals surface area contributed by atoms with Gasteiger partial charge >= 0.3 is 5.97 Å². The van der Waals surface area contributed by atoms with Crippen LogP contribution in [-0.4, -0.2) is 56.4 Å². The van der Waals surface area contributed by atoms with Crippen molar-refractivity contribution in [3.63, 3.8) is 0 Å². The van der Waals surface area contributed by atoms with Gasteiger partial charge in [-0.3, -0.25) is 0 Å². The zero-order valence-corrected chi connectivity index (χ0v) is 12.9. The van der Waals surface area contributed by atoms with Crippen LogP contribution in [0, 0.1) is 0 Å². The number of hydrogen-bond donors (Lipinski definition) is 2. The van der Waals surface area contributed by atoms with Crippen molar-refractivity contribution in [2.45, 2.75) is 19.4 Å². The van der Waals surface area contributed by atoms with E-state index in [1.807, 2.05) is 24.0 Å². The number of carboxylic acid groups (broad SMARTS) is 1. The third-order valence-corrected chi connectivity index (χ3v) is 4.36. The first-order valence-electron chi connectivity index (χ1n) is 7.93. The molecule has 2 heterocycles. The maximum Gasteiger partial charge on any atom is 0.326 e. The molecule has 0 bridgehead atoms. The molecular formula is C16H23N3O3. The SMILES string of the molecule is CCC(C(=O)O)N1CCOc2cccc(N3CCNCC3)c21. The molecule has 2 aliphatic heterocycles. The Labute approximate surface area is 130 Å². The highest BCUT2D eigenvalue weighted by Gasteiger charge is 2.32. The molecule has 1 unspecified atom stereocenters. The Hall–Kier alpha value is -1.95. The van der Waals surface area contributed by atoms with Gasteiger partial charge in [0.25, 0.3) is 0 Å². The minimum atomic E-state index is -0.773. The summed E-state index contributed by atoms with van der Waals surface area (Å²) < 4.78 is 5.78. The number of ether oxygens (including phenoxy) is 1. The highest BCUT2D eigenvalue weighted by Crippen LogP contribution is 2.41. The lowest BCUT2D eigenvalue weighted by Gasteiger charge is -2.40. The fourth-order valence-electron chi connectivity index (χ4n) is 3.28. The highest BCUT2D eigenvalue weighted by atomic mass is 16.5. The van der Waals surface area contributed by atoms with Crippen LogP contribution in [0.4, 0.5) is 11.4 Å². The van der Waals surface area contributed by atoms with Crippen LogP contribution in [0.1, 0.15) is 13.3 Å². The summed E-state index contributed by atoms with van der Waals surface area (Å²) >= 11 is 0. The molecule has 2 aliphatic rings. The first-order valence-corrected chi connectivity index (χ1v) is 7.93. The predicted octanol–water partition coefficient (Wildman–Crippen LogP) is 1.16. The van der Waals surface area contributed by atoms with Crippen molar-refractivity contribution in [3.05, 3.63) is 18.2 Å². The van der Waals surface area contributed by atoms with Crippen molar-refractivity contribution in [2.75, 3.05) is 49.1 Å². The first-order chi connectivity index (χ1) is 10.7. The van der Waals surface area contributed by atoms with Crippen molar-refractivity contribution in [3.8, 4) is 5.75 Å². The van der Waals surface area contributed by atoms with Crippen LogP contribution in [0.5, 0.6) is 5.75 Å². The zero-order valence-electron chi connectivity index (χ0n) is 12.9. The quantitative estimate of drug-likeness (QED) is 0.870. The Morgan fingerprint density at radius 2 is 2.14 bits per heavy atom. The number of carbonyl (C=O) groups is 1. The lowest BCUT2D eigenvalue weighted by atomic mass is 10.1. The summed E-state index contributed by atoms with van der Waals surface area (Å²) in [5.41, 5.74) is 2.02. The van der Waals surface area contributed by atoms with Gasteiger partial charge in [0.1, 0.15) is 24.1 Å². The molecule has 1 aromatic carbocycles. The van der Waals surface area contributed by atoms with Crippen molar-refractivity contribution in [1.29, 1.82) is 0 Å². The van der Waals surface area contributed by atoms with Gasteiger partial charge in [0.05, 0.1) is 12.2 Å². The fourth-order valence-corrected chi connectivity index (χ4v) is 3.28. The average Bonchev–Trinajstić information content (AvgIpc) is 2.55. The van der Waals surface area contributed by atoms with Crippen LogP contribution in [0.2, 0.25) is 0 Å². The molecule has 1 aromatic rings. The summed E-state index contributed by atoms with van der Waals surface area (Å²) in [7, 11) is 0. The Kier molecular flexibility index (Phi) is 4.38. The Bertz CT molecular complexity index is 543. The summed E-state index contributed by atoms with van der Waals surface area (Å²) in [4.78, 5) is 15.9.